The maximum Gasteiger partial charge on any atom is 0.270 e. The number of carbonyl (C=O) groups is 1. The molecule has 100 valence electrons. The highest BCUT2D eigenvalue weighted by atomic mass is 16.5. The first-order valence-electron chi connectivity index (χ1n) is 5.41. The number of aromatic amines is 1. The first kappa shape index (κ1) is 12.9. The fourth-order valence-electron chi connectivity index (χ4n) is 1.86. The van der Waals surface area contributed by atoms with Crippen LogP contribution in [-0.4, -0.2) is 25.1 Å². The van der Waals surface area contributed by atoms with Gasteiger partial charge in [0.25, 0.3) is 5.91 Å². The van der Waals surface area contributed by atoms with E-state index in [4.69, 9.17) is 15.3 Å². The van der Waals surface area contributed by atoms with Crippen LogP contribution in [0.1, 0.15) is 10.4 Å². The SMILES string of the molecule is COc1ccc(OC)c2c(=O)c(C(=O)NN)c[nH]c12. The number of nitrogens with one attached hydrogen (secondary N) is 2. The van der Waals surface area contributed by atoms with Crippen molar-refractivity contribution in [2.75, 3.05) is 14.2 Å². The minimum atomic E-state index is -0.673. The lowest BCUT2D eigenvalue weighted by atomic mass is 10.1. The van der Waals surface area contributed by atoms with Gasteiger partial charge in [-0.25, -0.2) is 5.84 Å². The average molecular weight is 263 g/mol. The normalized spacial score (nSPS) is 10.3. The molecule has 1 aromatic heterocycles. The smallest absolute Gasteiger partial charge is 0.270 e. The number of methoxy groups -OCH3 is 2. The summed E-state index contributed by atoms with van der Waals surface area (Å²) < 4.78 is 10.3. The van der Waals surface area contributed by atoms with Crippen LogP contribution in [0.15, 0.2) is 23.1 Å². The molecule has 0 saturated heterocycles. The first-order chi connectivity index (χ1) is 9.13. The third-order valence-electron chi connectivity index (χ3n) is 2.78. The van der Waals surface area contributed by atoms with Gasteiger partial charge in [-0.05, 0) is 12.1 Å². The molecule has 0 fully saturated rings. The van der Waals surface area contributed by atoms with Gasteiger partial charge < -0.3 is 14.5 Å². The Kier molecular flexibility index (Phi) is 3.39. The maximum absolute atomic E-state index is 12.3. The van der Waals surface area contributed by atoms with Crippen molar-refractivity contribution in [2.24, 2.45) is 5.84 Å². The number of nitrogen functional groups attached to an aromatic ring is 1. The number of hydrazine groups is 1. The molecule has 7 nitrogen and oxygen atoms in total. The molecular formula is C12H13N3O4. The number of H-pyrrole nitrogens is 1. The van der Waals surface area contributed by atoms with Crippen LogP contribution in [0.4, 0.5) is 0 Å². The van der Waals surface area contributed by atoms with Gasteiger partial charge in [0.05, 0.1) is 25.1 Å². The van der Waals surface area contributed by atoms with Gasteiger partial charge >= 0.3 is 0 Å². The van der Waals surface area contributed by atoms with E-state index in [0.717, 1.165) is 0 Å². The van der Waals surface area contributed by atoms with Gasteiger partial charge in [-0.1, -0.05) is 0 Å². The number of aromatic nitrogens is 1. The molecule has 19 heavy (non-hydrogen) atoms. The van der Waals surface area contributed by atoms with E-state index in [1.54, 1.807) is 12.1 Å². The summed E-state index contributed by atoms with van der Waals surface area (Å²) in [6, 6.07) is 3.26. The van der Waals surface area contributed by atoms with Crippen LogP contribution in [0.25, 0.3) is 10.9 Å². The number of fused-ring (bicyclic) bond motifs is 1. The Balaban J connectivity index is 2.87. The van der Waals surface area contributed by atoms with Crippen LogP contribution < -0.4 is 26.2 Å². The summed E-state index contributed by atoms with van der Waals surface area (Å²) in [4.78, 5) is 26.7. The monoisotopic (exact) mass is 263 g/mol. The minimum absolute atomic E-state index is 0.0958. The summed E-state index contributed by atoms with van der Waals surface area (Å²) in [5, 5.41) is 0.239. The molecule has 0 spiro atoms. The number of carbonyl (C=O) groups excluding carboxylic acids is 1. The van der Waals surface area contributed by atoms with Crippen molar-refractivity contribution in [3.05, 3.63) is 34.1 Å². The van der Waals surface area contributed by atoms with E-state index >= 15 is 0 Å². The Morgan fingerprint density at radius 2 is 1.89 bits per heavy atom. The second-order valence-electron chi connectivity index (χ2n) is 3.73. The number of hydrogen-bond donors (Lipinski definition) is 3. The van der Waals surface area contributed by atoms with Crippen LogP contribution in [0.3, 0.4) is 0 Å². The lowest BCUT2D eigenvalue weighted by Gasteiger charge is -2.10. The van der Waals surface area contributed by atoms with E-state index < -0.39 is 11.3 Å². The highest BCUT2D eigenvalue weighted by Gasteiger charge is 2.17. The zero-order valence-corrected chi connectivity index (χ0v) is 10.4. The first-order valence-corrected chi connectivity index (χ1v) is 5.41. The van der Waals surface area contributed by atoms with E-state index in [1.807, 2.05) is 5.43 Å². The fourth-order valence-corrected chi connectivity index (χ4v) is 1.86. The molecular weight excluding hydrogens is 250 g/mol. The van der Waals surface area contributed by atoms with Crippen LogP contribution in [0.5, 0.6) is 11.5 Å². The number of nitrogens with two attached hydrogens (primary N) is 1. The van der Waals surface area contributed by atoms with Gasteiger partial charge in [0.1, 0.15) is 17.1 Å². The molecule has 0 radical (unpaired) electrons. The largest absolute Gasteiger partial charge is 0.496 e. The Morgan fingerprint density at radius 1 is 1.26 bits per heavy atom. The number of ether oxygens (including phenoxy) is 2. The number of amides is 1. The predicted octanol–water partition coefficient (Wildman–Crippen LogP) is 0.149. The van der Waals surface area contributed by atoms with Crippen LogP contribution in [-0.2, 0) is 0 Å². The van der Waals surface area contributed by atoms with Crippen LogP contribution >= 0.6 is 0 Å². The molecule has 0 unspecified atom stereocenters. The molecule has 0 aliphatic carbocycles. The highest BCUT2D eigenvalue weighted by molar-refractivity contribution is 5.99. The Morgan fingerprint density at radius 3 is 2.47 bits per heavy atom. The summed E-state index contributed by atoms with van der Waals surface area (Å²) >= 11 is 0. The van der Waals surface area contributed by atoms with E-state index in [2.05, 4.69) is 4.98 Å². The molecule has 7 heteroatoms. The van der Waals surface area contributed by atoms with Crippen molar-refractivity contribution in [2.45, 2.75) is 0 Å². The quantitative estimate of drug-likeness (QED) is 0.415. The van der Waals surface area contributed by atoms with Crippen molar-refractivity contribution in [1.29, 1.82) is 0 Å². The minimum Gasteiger partial charge on any atom is -0.496 e. The van der Waals surface area contributed by atoms with E-state index in [9.17, 15) is 9.59 Å². The summed E-state index contributed by atoms with van der Waals surface area (Å²) in [6.07, 6.45) is 1.29. The third-order valence-corrected chi connectivity index (χ3v) is 2.78. The molecule has 0 atom stereocenters. The number of hydrogen-bond acceptors (Lipinski definition) is 5. The molecule has 1 heterocycles. The van der Waals surface area contributed by atoms with E-state index in [0.29, 0.717) is 17.0 Å². The Bertz CT molecular complexity index is 693. The molecule has 0 bridgehead atoms. The lowest BCUT2D eigenvalue weighted by molar-refractivity contribution is 0.0952. The van der Waals surface area contributed by atoms with Gasteiger partial charge in [0, 0.05) is 6.20 Å². The number of pyridine rings is 1. The number of rotatable bonds is 3. The molecule has 1 amide bonds. The Hall–Kier alpha value is -2.54. The average Bonchev–Trinajstić information content (AvgIpc) is 2.45. The zero-order valence-electron chi connectivity index (χ0n) is 10.4. The predicted molar refractivity (Wildman–Crippen MR) is 69.3 cm³/mol. The van der Waals surface area contributed by atoms with Gasteiger partial charge in [0.2, 0.25) is 5.43 Å². The van der Waals surface area contributed by atoms with Crippen LogP contribution in [0, 0.1) is 0 Å². The van der Waals surface area contributed by atoms with Crippen molar-refractivity contribution in [1.82, 2.24) is 10.4 Å². The summed E-state index contributed by atoms with van der Waals surface area (Å²) in [6.45, 7) is 0. The van der Waals surface area contributed by atoms with Crippen LogP contribution in [0.2, 0.25) is 0 Å². The molecule has 2 aromatic rings. The van der Waals surface area contributed by atoms with Gasteiger partial charge in [-0.15, -0.1) is 0 Å². The van der Waals surface area contributed by atoms with Crippen molar-refractivity contribution in [3.63, 3.8) is 0 Å². The molecule has 2 rings (SSSR count). The van der Waals surface area contributed by atoms with Gasteiger partial charge in [-0.3, -0.25) is 15.0 Å². The second-order valence-corrected chi connectivity index (χ2v) is 3.73. The summed E-state index contributed by atoms with van der Waals surface area (Å²) in [5.41, 5.74) is 1.81. The van der Waals surface area contributed by atoms with E-state index in [1.165, 1.54) is 20.4 Å². The summed E-state index contributed by atoms with van der Waals surface area (Å²) in [7, 11) is 2.93. The highest BCUT2D eigenvalue weighted by Crippen LogP contribution is 2.29. The van der Waals surface area contributed by atoms with Gasteiger partial charge in [-0.2, -0.15) is 0 Å². The van der Waals surface area contributed by atoms with Crippen molar-refractivity contribution >= 4 is 16.8 Å². The van der Waals surface area contributed by atoms with Crippen molar-refractivity contribution < 1.29 is 14.3 Å². The zero-order chi connectivity index (χ0) is 14.0. The standard InChI is InChI=1S/C12H13N3O4/c1-18-7-3-4-8(19-2)10-9(7)11(16)6(5-14-10)12(17)15-13/h3-5H,13H2,1-2H3,(H,14,16)(H,15,17). The molecule has 0 saturated carbocycles. The molecule has 0 aliphatic heterocycles. The number of benzene rings is 1. The van der Waals surface area contributed by atoms with Gasteiger partial charge in [0.15, 0.2) is 0 Å². The Labute approximate surface area is 108 Å². The summed E-state index contributed by atoms with van der Waals surface area (Å²) in [5.74, 6) is 5.19. The van der Waals surface area contributed by atoms with E-state index in [-0.39, 0.29) is 10.9 Å². The molecule has 4 N–H and O–H groups in total. The second kappa shape index (κ2) is 4.99. The topological polar surface area (TPSA) is 106 Å². The fraction of sp³-hybridized carbons (Fsp3) is 0.167. The third kappa shape index (κ3) is 2.00. The molecule has 1 aromatic carbocycles. The van der Waals surface area contributed by atoms with Crippen molar-refractivity contribution in [3.8, 4) is 11.5 Å². The molecule has 0 aliphatic rings. The lowest BCUT2D eigenvalue weighted by Crippen LogP contribution is -2.34. The maximum atomic E-state index is 12.3.